The molecule has 19 heavy (non-hydrogen) atoms. The second-order valence-corrected chi connectivity index (χ2v) is 5.02. The first kappa shape index (κ1) is 16.7. The molecule has 0 radical (unpaired) electrons. The summed E-state index contributed by atoms with van der Waals surface area (Å²) in [5.41, 5.74) is 0. The minimum absolute atomic E-state index is 0. The predicted octanol–water partition coefficient (Wildman–Crippen LogP) is -3.73. The predicted molar refractivity (Wildman–Crippen MR) is 56.3 cm³/mol. The molecule has 2 saturated heterocycles. The van der Waals surface area contributed by atoms with Crippen LogP contribution in [0, 0.1) is 5.41 Å². The van der Waals surface area contributed by atoms with Crippen molar-refractivity contribution in [3.63, 3.8) is 0 Å². The van der Waals surface area contributed by atoms with Crippen LogP contribution in [0.4, 0.5) is 4.79 Å². The number of hydroxylamine groups is 2. The van der Waals surface area contributed by atoms with E-state index in [-0.39, 0.29) is 42.0 Å². The number of urea groups is 1. The van der Waals surface area contributed by atoms with Crippen LogP contribution in [0.5, 0.6) is 0 Å². The normalized spacial score (nSPS) is 26.1. The van der Waals surface area contributed by atoms with Crippen LogP contribution in [0.1, 0.15) is 12.8 Å². The zero-order valence-corrected chi connectivity index (χ0v) is 13.3. The van der Waals surface area contributed by atoms with Gasteiger partial charge in [-0.05, 0) is 12.8 Å². The Morgan fingerprint density at radius 3 is 2.63 bits per heavy atom. The summed E-state index contributed by atoms with van der Waals surface area (Å²) in [7, 11) is -3.65. The molecule has 2 aliphatic rings. The monoisotopic (exact) mass is 301 g/mol. The third kappa shape index (κ3) is 3.38. The Labute approximate surface area is 132 Å². The number of ether oxygens (including phenoxy) is 1. The molecule has 2 rings (SSSR count). The third-order valence-electron chi connectivity index (χ3n) is 3.02. The van der Waals surface area contributed by atoms with E-state index in [0.717, 1.165) is 0 Å². The third-order valence-corrected chi connectivity index (χ3v) is 3.36. The van der Waals surface area contributed by atoms with E-state index in [4.69, 9.17) is 10.1 Å². The van der Waals surface area contributed by atoms with E-state index < -0.39 is 28.5 Å². The van der Waals surface area contributed by atoms with Gasteiger partial charge in [-0.1, -0.05) is 0 Å². The van der Waals surface area contributed by atoms with Gasteiger partial charge in [0.2, 0.25) is 16.3 Å². The van der Waals surface area contributed by atoms with Crippen molar-refractivity contribution in [2.24, 2.45) is 0 Å². The maximum absolute atomic E-state index is 11.9. The number of carbonyl (C=O) groups excluding carboxylic acids is 1. The van der Waals surface area contributed by atoms with Crippen LogP contribution in [0.3, 0.4) is 0 Å². The Balaban J connectivity index is 0.00000180. The molecular weight excluding hydrogens is 289 g/mol. The van der Waals surface area contributed by atoms with Crippen LogP contribution < -0.4 is 29.6 Å². The quantitative estimate of drug-likeness (QED) is 0.188. The van der Waals surface area contributed by atoms with E-state index in [0.29, 0.717) is 17.9 Å². The zero-order chi connectivity index (χ0) is 13.5. The smallest absolute Gasteiger partial charge is 0.724 e. The molecule has 0 saturated carbocycles. The van der Waals surface area contributed by atoms with E-state index in [9.17, 15) is 17.8 Å². The molecule has 0 aromatic rings. The summed E-state index contributed by atoms with van der Waals surface area (Å²) in [5.74, 6) is -0.0753. The average molecular weight is 301 g/mol. The number of nitrogens with zero attached hydrogens (tertiary/aromatic N) is 2. The molecule has 2 amide bonds. The van der Waals surface area contributed by atoms with Crippen LogP contribution in [0.15, 0.2) is 0 Å². The number of piperidine rings is 1. The summed E-state index contributed by atoms with van der Waals surface area (Å²) in [4.78, 5) is 13.1. The Morgan fingerprint density at radius 1 is 1.47 bits per heavy atom. The topological polar surface area (TPSA) is 123 Å². The number of nitrogens with one attached hydrogen (secondary N) is 1. The fraction of sp³-hybridized carbons (Fsp3) is 0.750. The molecule has 2 atom stereocenters. The molecule has 0 spiro atoms. The van der Waals surface area contributed by atoms with Gasteiger partial charge in [-0.2, -0.15) is 9.35 Å². The van der Waals surface area contributed by atoms with Crippen LogP contribution in [-0.2, 0) is 19.4 Å². The first-order valence-electron chi connectivity index (χ1n) is 5.21. The summed E-state index contributed by atoms with van der Waals surface area (Å²) in [6.07, 6.45) is 0.899. The van der Waals surface area contributed by atoms with Gasteiger partial charge in [0, 0.05) is 6.54 Å². The van der Waals surface area contributed by atoms with Gasteiger partial charge in [-0.25, -0.2) is 13.2 Å². The zero-order valence-electron chi connectivity index (χ0n) is 10.5. The Morgan fingerprint density at radius 2 is 2.11 bits per heavy atom. The minimum atomic E-state index is -4.98. The molecule has 0 aromatic carbocycles. The fourth-order valence-corrected chi connectivity index (χ4v) is 2.62. The number of fused-ring (bicyclic) bond motifs is 2. The maximum Gasteiger partial charge on any atom is 1.00 e. The van der Waals surface area contributed by atoms with Gasteiger partial charge in [-0.3, -0.25) is 5.41 Å². The molecule has 2 bridgehead atoms. The molecule has 0 unspecified atom stereocenters. The molecule has 1 N–H and O–H groups in total. The molecule has 11 heteroatoms. The second-order valence-electron chi connectivity index (χ2n) is 4.06. The summed E-state index contributed by atoms with van der Waals surface area (Å²) >= 11 is 0. The van der Waals surface area contributed by atoms with Crippen molar-refractivity contribution in [3.05, 3.63) is 0 Å². The number of amides is 2. The molecule has 2 fully saturated rings. The number of rotatable bonds is 3. The Hall–Kier alpha value is -0.390. The van der Waals surface area contributed by atoms with Crippen molar-refractivity contribution in [2.75, 3.05) is 13.7 Å². The summed E-state index contributed by atoms with van der Waals surface area (Å²) in [6, 6.07) is -1.76. The minimum Gasteiger partial charge on any atom is -0.724 e. The van der Waals surface area contributed by atoms with Crippen LogP contribution in [-0.4, -0.2) is 60.6 Å². The van der Waals surface area contributed by atoms with Crippen molar-refractivity contribution in [2.45, 2.75) is 24.9 Å². The van der Waals surface area contributed by atoms with E-state index >= 15 is 0 Å². The van der Waals surface area contributed by atoms with Crippen molar-refractivity contribution in [1.29, 1.82) is 5.41 Å². The summed E-state index contributed by atoms with van der Waals surface area (Å²) < 4.78 is 40.5. The summed E-state index contributed by atoms with van der Waals surface area (Å²) in [5, 5.41) is 8.14. The van der Waals surface area contributed by atoms with Gasteiger partial charge >= 0.3 is 35.6 Å². The Kier molecular flexibility index (Phi) is 5.21. The van der Waals surface area contributed by atoms with E-state index in [2.05, 4.69) is 4.28 Å². The number of hydrogen-bond acceptors (Lipinski definition) is 7. The van der Waals surface area contributed by atoms with Gasteiger partial charge in [-0.15, -0.1) is 0 Å². The van der Waals surface area contributed by atoms with Gasteiger partial charge in [0.05, 0.1) is 13.2 Å². The van der Waals surface area contributed by atoms with E-state index in [1.807, 2.05) is 0 Å². The van der Waals surface area contributed by atoms with E-state index in [1.165, 1.54) is 12.0 Å². The molecule has 0 aromatic heterocycles. The molecular formula is C8H12N3NaO6S. The molecule has 0 aliphatic carbocycles. The second kappa shape index (κ2) is 5.94. The average Bonchev–Trinajstić information content (AvgIpc) is 2.52. The van der Waals surface area contributed by atoms with Crippen molar-refractivity contribution < 1.29 is 56.3 Å². The first-order valence-corrected chi connectivity index (χ1v) is 6.54. The van der Waals surface area contributed by atoms with Gasteiger partial charge < -0.3 is 14.2 Å². The van der Waals surface area contributed by atoms with Gasteiger partial charge in [0.15, 0.2) is 0 Å². The largest absolute Gasteiger partial charge is 1.00 e. The van der Waals surface area contributed by atoms with Crippen molar-refractivity contribution >= 4 is 22.3 Å². The fourth-order valence-electron chi connectivity index (χ4n) is 2.24. The molecule has 2 aliphatic heterocycles. The van der Waals surface area contributed by atoms with Gasteiger partial charge in [0.1, 0.15) is 6.04 Å². The van der Waals surface area contributed by atoms with Crippen LogP contribution in [0.25, 0.3) is 0 Å². The van der Waals surface area contributed by atoms with Crippen molar-refractivity contribution in [3.8, 4) is 0 Å². The first-order chi connectivity index (χ1) is 8.33. The molecule has 9 nitrogen and oxygen atoms in total. The summed E-state index contributed by atoms with van der Waals surface area (Å²) in [6.45, 7) is 0.213. The molecule has 102 valence electrons. The standard InChI is InChI=1S/C8H13N3O6S.Na/c1-16-7(9)6-3-2-5-4-10(6)8(12)11(5)17-18(13,14)15;/h5-6,9H,2-4H2,1H3,(H,13,14,15);/q;+1/p-1/t5-,6+;/m1./s1. The number of carbonyl (C=O) groups is 1. The molecule has 2 heterocycles. The van der Waals surface area contributed by atoms with Crippen LogP contribution >= 0.6 is 0 Å². The van der Waals surface area contributed by atoms with E-state index in [1.54, 1.807) is 0 Å². The maximum atomic E-state index is 11.9. The van der Waals surface area contributed by atoms with Gasteiger partial charge in [0.25, 0.3) is 0 Å². The number of hydrogen-bond donors (Lipinski definition) is 1. The van der Waals surface area contributed by atoms with Crippen LogP contribution in [0.2, 0.25) is 0 Å². The number of methoxy groups -OCH3 is 1. The SMILES string of the molecule is COC(=N)[C@@H]1CC[C@@H]2CN1C(=O)N2OS(=O)(=O)[O-].[Na+]. The van der Waals surface area contributed by atoms with Crippen molar-refractivity contribution in [1.82, 2.24) is 9.96 Å². The Bertz CT molecular complexity index is 483.